The Morgan fingerprint density at radius 1 is 0.758 bits per heavy atom. The van der Waals surface area contributed by atoms with E-state index in [9.17, 15) is 0 Å². The van der Waals surface area contributed by atoms with Crippen molar-refractivity contribution in [2.75, 3.05) is 26.2 Å². The maximum atomic E-state index is 5.85. The van der Waals surface area contributed by atoms with E-state index in [1.807, 2.05) is 0 Å². The van der Waals surface area contributed by atoms with Crippen molar-refractivity contribution in [3.8, 4) is 0 Å². The third kappa shape index (κ3) is 5.26. The molecule has 168 valence electrons. The first-order valence-electron chi connectivity index (χ1n) is 12.2. The summed E-state index contributed by atoms with van der Waals surface area (Å²) in [6, 6.07) is 32.5. The Hall–Kier alpha value is -3.17. The van der Waals surface area contributed by atoms with Crippen LogP contribution < -0.4 is 0 Å². The Labute approximate surface area is 197 Å². The molecule has 3 aromatic rings. The van der Waals surface area contributed by atoms with Crippen LogP contribution in [0.15, 0.2) is 102 Å². The number of rotatable bonds is 7. The van der Waals surface area contributed by atoms with Crippen LogP contribution in [0.25, 0.3) is 5.57 Å². The van der Waals surface area contributed by atoms with Gasteiger partial charge < -0.3 is 4.84 Å². The van der Waals surface area contributed by atoms with Gasteiger partial charge in [-0.2, -0.15) is 0 Å². The van der Waals surface area contributed by atoms with Gasteiger partial charge in [0.05, 0.1) is 5.71 Å². The van der Waals surface area contributed by atoms with Crippen LogP contribution in [-0.4, -0.2) is 36.9 Å². The predicted octanol–water partition coefficient (Wildman–Crippen LogP) is 6.51. The van der Waals surface area contributed by atoms with E-state index in [2.05, 4.69) is 107 Å². The molecule has 0 spiro atoms. The second-order valence-corrected chi connectivity index (χ2v) is 9.04. The molecule has 0 bridgehead atoms. The van der Waals surface area contributed by atoms with Crippen molar-refractivity contribution in [1.29, 1.82) is 0 Å². The number of benzene rings is 3. The van der Waals surface area contributed by atoms with Crippen molar-refractivity contribution in [1.82, 2.24) is 4.90 Å². The highest BCUT2D eigenvalue weighted by Gasteiger charge is 2.33. The molecule has 5 rings (SSSR count). The Morgan fingerprint density at radius 2 is 1.36 bits per heavy atom. The molecule has 3 aromatic carbocycles. The van der Waals surface area contributed by atoms with Gasteiger partial charge in [-0.3, -0.25) is 4.90 Å². The first kappa shape index (κ1) is 21.7. The van der Waals surface area contributed by atoms with Crippen LogP contribution in [0.1, 0.15) is 47.8 Å². The molecular weight excluding hydrogens is 404 g/mol. The zero-order chi connectivity index (χ0) is 22.3. The Morgan fingerprint density at radius 3 is 2.03 bits per heavy atom. The molecule has 2 aliphatic rings. The molecule has 0 amide bonds. The number of nitrogens with zero attached hydrogens (tertiary/aromatic N) is 2. The largest absolute Gasteiger partial charge is 0.394 e. The zero-order valence-corrected chi connectivity index (χ0v) is 19.1. The van der Waals surface area contributed by atoms with Crippen LogP contribution >= 0.6 is 0 Å². The molecule has 0 N–H and O–H groups in total. The summed E-state index contributed by atoms with van der Waals surface area (Å²) in [5, 5.41) is 4.64. The van der Waals surface area contributed by atoms with Gasteiger partial charge in [0.1, 0.15) is 6.61 Å². The molecule has 1 saturated heterocycles. The summed E-state index contributed by atoms with van der Waals surface area (Å²) in [5.74, 6) is 0.564. The number of hydrogen-bond donors (Lipinski definition) is 0. The molecule has 2 atom stereocenters. The van der Waals surface area contributed by atoms with Gasteiger partial charge >= 0.3 is 0 Å². The van der Waals surface area contributed by atoms with Crippen LogP contribution in [0.5, 0.6) is 0 Å². The summed E-state index contributed by atoms with van der Waals surface area (Å²) in [6.45, 7) is 3.98. The molecule has 0 aromatic heterocycles. The molecule has 0 saturated carbocycles. The monoisotopic (exact) mass is 436 g/mol. The fraction of sp³-hybridized carbons (Fsp3) is 0.300. The highest BCUT2D eigenvalue weighted by molar-refractivity contribution is 6.04. The fourth-order valence-electron chi connectivity index (χ4n) is 5.23. The van der Waals surface area contributed by atoms with Crippen LogP contribution in [-0.2, 0) is 4.84 Å². The van der Waals surface area contributed by atoms with Gasteiger partial charge in [-0.05, 0) is 54.3 Å². The number of likely N-dealkylation sites (tertiary alicyclic amines) is 1. The Kier molecular flexibility index (Phi) is 6.98. The van der Waals surface area contributed by atoms with E-state index < -0.39 is 0 Å². The molecule has 1 fully saturated rings. The van der Waals surface area contributed by atoms with E-state index in [1.165, 1.54) is 48.2 Å². The first-order valence-corrected chi connectivity index (χ1v) is 12.2. The molecule has 3 heteroatoms. The third-order valence-electron chi connectivity index (χ3n) is 6.86. The summed E-state index contributed by atoms with van der Waals surface area (Å²) in [5.41, 5.74) is 6.27. The van der Waals surface area contributed by atoms with Gasteiger partial charge in [0.15, 0.2) is 0 Å². The SMILES string of the molecule is C1=C(c2ccccc2)[C@H](c2ccccc2)[C@H](c2ccccc2)C/C1=N/OCCN1CCCC1. The minimum Gasteiger partial charge on any atom is -0.394 e. The second kappa shape index (κ2) is 10.6. The van der Waals surface area contributed by atoms with Gasteiger partial charge in [-0.1, -0.05) is 96.2 Å². The summed E-state index contributed by atoms with van der Waals surface area (Å²) < 4.78 is 0. The standard InChI is InChI=1S/C30H32N2O/c1-4-12-24(13-5-1)28-22-27(31-33-21-20-32-18-10-11-19-32)23-29(25-14-6-2-7-15-25)30(28)26-16-8-3-9-17-26/h1-9,12-17,22,29-30H,10-11,18-21,23H2/b31-27+/t29-,30-/m0/s1. The number of hydrogen-bond acceptors (Lipinski definition) is 3. The van der Waals surface area contributed by atoms with Crippen molar-refractivity contribution in [3.05, 3.63) is 114 Å². The summed E-state index contributed by atoms with van der Waals surface area (Å²) in [4.78, 5) is 8.31. The summed E-state index contributed by atoms with van der Waals surface area (Å²) in [7, 11) is 0. The van der Waals surface area contributed by atoms with Crippen LogP contribution in [0, 0.1) is 0 Å². The lowest BCUT2D eigenvalue weighted by atomic mass is 9.69. The second-order valence-electron chi connectivity index (χ2n) is 9.04. The first-order chi connectivity index (χ1) is 16.4. The molecular formula is C30H32N2O. The Balaban J connectivity index is 1.49. The topological polar surface area (TPSA) is 24.8 Å². The fourth-order valence-corrected chi connectivity index (χ4v) is 5.23. The van der Waals surface area contributed by atoms with Gasteiger partial charge in [0.25, 0.3) is 0 Å². The lowest BCUT2D eigenvalue weighted by molar-refractivity contribution is 0.118. The zero-order valence-electron chi connectivity index (χ0n) is 19.1. The maximum absolute atomic E-state index is 5.85. The molecule has 0 radical (unpaired) electrons. The average molecular weight is 437 g/mol. The summed E-state index contributed by atoms with van der Waals surface area (Å²) >= 11 is 0. The van der Waals surface area contributed by atoms with Crippen LogP contribution in [0.3, 0.4) is 0 Å². The van der Waals surface area contributed by atoms with Gasteiger partial charge in [0.2, 0.25) is 0 Å². The highest BCUT2D eigenvalue weighted by Crippen LogP contribution is 2.47. The minimum atomic E-state index is 0.263. The Bertz CT molecular complexity index is 1070. The molecule has 0 unspecified atom stereocenters. The van der Waals surface area contributed by atoms with Crippen molar-refractivity contribution in [2.45, 2.75) is 31.1 Å². The van der Waals surface area contributed by atoms with Crippen molar-refractivity contribution in [2.24, 2.45) is 5.16 Å². The predicted molar refractivity (Wildman–Crippen MR) is 136 cm³/mol. The smallest absolute Gasteiger partial charge is 0.129 e. The third-order valence-corrected chi connectivity index (χ3v) is 6.86. The lowest BCUT2D eigenvalue weighted by Gasteiger charge is -2.34. The molecule has 33 heavy (non-hydrogen) atoms. The van der Waals surface area contributed by atoms with E-state index in [1.54, 1.807) is 0 Å². The van der Waals surface area contributed by atoms with Crippen LogP contribution in [0.2, 0.25) is 0 Å². The molecule has 3 nitrogen and oxygen atoms in total. The van der Waals surface area contributed by atoms with Crippen molar-refractivity contribution >= 4 is 11.3 Å². The average Bonchev–Trinajstić information content (AvgIpc) is 3.41. The number of allylic oxidation sites excluding steroid dienone is 2. The normalized spacial score (nSPS) is 22.3. The quantitative estimate of drug-likeness (QED) is 0.311. The van der Waals surface area contributed by atoms with E-state index in [4.69, 9.17) is 4.84 Å². The highest BCUT2D eigenvalue weighted by atomic mass is 16.6. The summed E-state index contributed by atoms with van der Waals surface area (Å²) in [6.07, 6.45) is 5.74. The number of oxime groups is 1. The van der Waals surface area contributed by atoms with Gasteiger partial charge in [0, 0.05) is 24.8 Å². The van der Waals surface area contributed by atoms with Crippen molar-refractivity contribution in [3.63, 3.8) is 0 Å². The van der Waals surface area contributed by atoms with Crippen molar-refractivity contribution < 1.29 is 4.84 Å². The minimum absolute atomic E-state index is 0.263. The van der Waals surface area contributed by atoms with Gasteiger partial charge in [-0.25, -0.2) is 0 Å². The molecule has 1 heterocycles. The molecule has 1 aliphatic heterocycles. The van der Waals surface area contributed by atoms with E-state index in [-0.39, 0.29) is 5.92 Å². The van der Waals surface area contributed by atoms with Crippen LogP contribution in [0.4, 0.5) is 0 Å². The lowest BCUT2D eigenvalue weighted by Crippen LogP contribution is -2.24. The van der Waals surface area contributed by atoms with E-state index >= 15 is 0 Å². The van der Waals surface area contributed by atoms with E-state index in [0.29, 0.717) is 12.5 Å². The van der Waals surface area contributed by atoms with E-state index in [0.717, 1.165) is 18.7 Å². The maximum Gasteiger partial charge on any atom is 0.129 e. The van der Waals surface area contributed by atoms with Gasteiger partial charge in [-0.15, -0.1) is 0 Å². The molecule has 1 aliphatic carbocycles.